The maximum atomic E-state index is 3.45. The second-order valence-corrected chi connectivity index (χ2v) is 5.02. The van der Waals surface area contributed by atoms with E-state index >= 15 is 0 Å². The molecule has 15 heavy (non-hydrogen) atoms. The summed E-state index contributed by atoms with van der Waals surface area (Å²) in [6, 6.07) is 4.30. The largest absolute Gasteiger partial charge is 1.00 e. The van der Waals surface area contributed by atoms with Gasteiger partial charge in [-0.25, -0.2) is 0 Å². The highest BCUT2D eigenvalue weighted by molar-refractivity contribution is 9.13. The van der Waals surface area contributed by atoms with Gasteiger partial charge < -0.3 is 17.0 Å². The molecular weight excluding hydrogens is 386 g/mol. The highest BCUT2D eigenvalue weighted by Gasteiger charge is 2.02. The molecule has 0 unspecified atom stereocenters. The van der Waals surface area contributed by atoms with E-state index in [0.717, 1.165) is 9.81 Å². The fraction of sp³-hybridized carbons (Fsp3) is 0.364. The van der Waals surface area contributed by atoms with Crippen LogP contribution in [0.3, 0.4) is 0 Å². The lowest BCUT2D eigenvalue weighted by Gasteiger charge is -2.01. The molecule has 0 aliphatic carbocycles. The zero-order valence-electron chi connectivity index (χ0n) is 8.75. The summed E-state index contributed by atoms with van der Waals surface area (Å²) in [5.74, 6) is 0.591. The molecule has 1 aromatic rings. The zero-order valence-corrected chi connectivity index (χ0v) is 13.5. The van der Waals surface area contributed by atoms with Crippen LogP contribution >= 0.6 is 31.9 Å². The van der Waals surface area contributed by atoms with Crippen LogP contribution in [0.5, 0.6) is 0 Å². The van der Waals surface area contributed by atoms with Crippen molar-refractivity contribution >= 4 is 38.1 Å². The summed E-state index contributed by atoms with van der Waals surface area (Å²) < 4.78 is 3.16. The van der Waals surface area contributed by atoms with E-state index in [-0.39, 0.29) is 17.0 Å². The number of nitrogens with zero attached hydrogens (tertiary/aromatic N) is 1. The Labute approximate surface area is 119 Å². The minimum absolute atomic E-state index is 0. The Balaban J connectivity index is 0.00000196. The number of alkyl halides is 1. The SMILES string of the molecule is CC(C)c1cc[n+](C=C(Br)CBr)cc1.[Br-]. The summed E-state index contributed by atoms with van der Waals surface area (Å²) in [5.41, 5.74) is 1.37. The van der Waals surface area contributed by atoms with E-state index in [9.17, 15) is 0 Å². The Morgan fingerprint density at radius 1 is 1.40 bits per heavy atom. The van der Waals surface area contributed by atoms with Gasteiger partial charge in [0.25, 0.3) is 0 Å². The van der Waals surface area contributed by atoms with Gasteiger partial charge in [0.15, 0.2) is 18.6 Å². The first-order valence-corrected chi connectivity index (χ1v) is 6.47. The Hall–Kier alpha value is 0.330. The lowest BCUT2D eigenvalue weighted by Crippen LogP contribution is -3.00. The molecule has 1 nitrogen and oxygen atoms in total. The first-order chi connectivity index (χ1) is 6.63. The number of allylic oxidation sites excluding steroid dienone is 1. The third-order valence-corrected chi connectivity index (χ3v) is 3.80. The van der Waals surface area contributed by atoms with Crippen molar-refractivity contribution in [1.82, 2.24) is 0 Å². The molecule has 1 heterocycles. The van der Waals surface area contributed by atoms with Crippen LogP contribution in [-0.4, -0.2) is 5.33 Å². The minimum Gasteiger partial charge on any atom is -1.00 e. The highest BCUT2D eigenvalue weighted by Crippen LogP contribution is 2.11. The highest BCUT2D eigenvalue weighted by atomic mass is 79.9. The minimum atomic E-state index is 0. The van der Waals surface area contributed by atoms with Crippen molar-refractivity contribution in [2.75, 3.05) is 5.33 Å². The number of hydrogen-bond acceptors (Lipinski definition) is 0. The van der Waals surface area contributed by atoms with Gasteiger partial charge >= 0.3 is 0 Å². The first-order valence-electron chi connectivity index (χ1n) is 4.56. The molecule has 0 N–H and O–H groups in total. The smallest absolute Gasteiger partial charge is 0.185 e. The molecule has 0 atom stereocenters. The van der Waals surface area contributed by atoms with Gasteiger partial charge in [0.2, 0.25) is 0 Å². The molecule has 0 aliphatic rings. The Morgan fingerprint density at radius 2 is 1.93 bits per heavy atom. The summed E-state index contributed by atoms with van der Waals surface area (Å²) in [6.07, 6.45) is 6.18. The van der Waals surface area contributed by atoms with E-state index in [1.54, 1.807) is 0 Å². The second kappa shape index (κ2) is 7.58. The molecule has 84 valence electrons. The van der Waals surface area contributed by atoms with Crippen molar-refractivity contribution in [2.24, 2.45) is 0 Å². The van der Waals surface area contributed by atoms with Crippen molar-refractivity contribution in [1.29, 1.82) is 0 Å². The van der Waals surface area contributed by atoms with Crippen LogP contribution in [0.15, 0.2) is 29.0 Å². The fourth-order valence-corrected chi connectivity index (χ4v) is 1.50. The van der Waals surface area contributed by atoms with Gasteiger partial charge in [0, 0.05) is 17.5 Å². The average Bonchev–Trinajstić information content (AvgIpc) is 2.18. The summed E-state index contributed by atoms with van der Waals surface area (Å²) in [4.78, 5) is 0. The van der Waals surface area contributed by atoms with E-state index in [1.165, 1.54) is 5.56 Å². The van der Waals surface area contributed by atoms with E-state index in [4.69, 9.17) is 0 Å². The standard InChI is InChI=1S/C11H14Br2N.BrH/c1-9(2)10-3-5-14(6-4-10)8-11(13)7-12;/h3-6,8-9H,7H2,1-2H3;1H/q+1;/p-1. The molecule has 0 saturated carbocycles. The number of aromatic nitrogens is 1. The van der Waals surface area contributed by atoms with E-state index in [2.05, 4.69) is 70.2 Å². The molecular formula is C11H14Br3N. The molecule has 4 heteroatoms. The van der Waals surface area contributed by atoms with Gasteiger partial charge in [-0.15, -0.1) is 0 Å². The van der Waals surface area contributed by atoms with Gasteiger partial charge in [0.1, 0.15) is 0 Å². The molecule has 0 aliphatic heterocycles. The summed E-state index contributed by atoms with van der Waals surface area (Å²) >= 11 is 6.84. The van der Waals surface area contributed by atoms with Crippen molar-refractivity contribution in [3.63, 3.8) is 0 Å². The van der Waals surface area contributed by atoms with Crippen LogP contribution in [0.2, 0.25) is 0 Å². The van der Waals surface area contributed by atoms with E-state index in [0.29, 0.717) is 5.92 Å². The van der Waals surface area contributed by atoms with Crippen LogP contribution in [0.4, 0.5) is 0 Å². The lowest BCUT2D eigenvalue weighted by molar-refractivity contribution is -0.568. The second-order valence-electron chi connectivity index (χ2n) is 3.44. The van der Waals surface area contributed by atoms with Gasteiger partial charge in [-0.2, -0.15) is 4.57 Å². The molecule has 0 bridgehead atoms. The fourth-order valence-electron chi connectivity index (χ4n) is 1.12. The Morgan fingerprint density at radius 3 is 2.33 bits per heavy atom. The lowest BCUT2D eigenvalue weighted by atomic mass is 10.1. The molecule has 0 amide bonds. The predicted molar refractivity (Wildman–Crippen MR) is 67.7 cm³/mol. The van der Waals surface area contributed by atoms with Crippen molar-refractivity contribution < 1.29 is 21.5 Å². The third kappa shape index (κ3) is 5.27. The number of rotatable bonds is 3. The zero-order chi connectivity index (χ0) is 10.6. The van der Waals surface area contributed by atoms with Gasteiger partial charge in [-0.3, -0.25) is 0 Å². The summed E-state index contributed by atoms with van der Waals surface area (Å²) in [5, 5.41) is 0.839. The van der Waals surface area contributed by atoms with Crippen LogP contribution < -0.4 is 21.5 Å². The van der Waals surface area contributed by atoms with Crippen molar-refractivity contribution in [2.45, 2.75) is 19.8 Å². The maximum absolute atomic E-state index is 3.45. The average molecular weight is 400 g/mol. The third-order valence-electron chi connectivity index (χ3n) is 1.96. The number of halogens is 3. The Kier molecular flexibility index (Phi) is 7.75. The molecule has 0 saturated heterocycles. The normalized spacial score (nSPS) is 11.4. The van der Waals surface area contributed by atoms with Crippen LogP contribution in [0.25, 0.3) is 6.20 Å². The molecule has 1 rings (SSSR count). The van der Waals surface area contributed by atoms with E-state index < -0.39 is 0 Å². The van der Waals surface area contributed by atoms with Crippen LogP contribution in [-0.2, 0) is 0 Å². The molecule has 0 aromatic carbocycles. The van der Waals surface area contributed by atoms with Crippen molar-refractivity contribution in [3.05, 3.63) is 34.6 Å². The number of hydrogen-bond donors (Lipinski definition) is 0. The van der Waals surface area contributed by atoms with Gasteiger partial charge in [-0.1, -0.05) is 29.8 Å². The van der Waals surface area contributed by atoms with Crippen LogP contribution in [0.1, 0.15) is 25.3 Å². The molecule has 0 radical (unpaired) electrons. The predicted octanol–water partition coefficient (Wildman–Crippen LogP) is 0.690. The quantitative estimate of drug-likeness (QED) is 0.520. The van der Waals surface area contributed by atoms with Crippen molar-refractivity contribution in [3.8, 4) is 0 Å². The van der Waals surface area contributed by atoms with Crippen LogP contribution in [0, 0.1) is 0 Å². The molecule has 0 fully saturated rings. The first kappa shape index (κ1) is 15.3. The Bertz CT molecular complexity index is 317. The van der Waals surface area contributed by atoms with E-state index in [1.807, 2.05) is 10.8 Å². The monoisotopic (exact) mass is 397 g/mol. The topological polar surface area (TPSA) is 3.88 Å². The summed E-state index contributed by atoms with van der Waals surface area (Å²) in [6.45, 7) is 4.40. The van der Waals surface area contributed by atoms with Gasteiger partial charge in [-0.05, 0) is 27.4 Å². The summed E-state index contributed by atoms with van der Waals surface area (Å²) in [7, 11) is 0. The number of pyridine rings is 1. The molecule has 1 aromatic heterocycles. The molecule has 0 spiro atoms. The van der Waals surface area contributed by atoms with Gasteiger partial charge in [0.05, 0.1) is 4.48 Å². The maximum Gasteiger partial charge on any atom is 0.185 e.